The Hall–Kier alpha value is -1.32. The normalized spacial score (nSPS) is 9.92. The van der Waals surface area contributed by atoms with Crippen molar-refractivity contribution >= 4 is 5.82 Å². The molecule has 66 valence electrons. The highest BCUT2D eigenvalue weighted by atomic mass is 16.1. The third kappa shape index (κ3) is 1.47. The molecule has 0 unspecified atom stereocenters. The Morgan fingerprint density at radius 2 is 2.33 bits per heavy atom. The zero-order valence-electron chi connectivity index (χ0n) is 7.59. The van der Waals surface area contributed by atoms with Crippen LogP contribution in [0.15, 0.2) is 11.0 Å². The van der Waals surface area contributed by atoms with E-state index in [0.29, 0.717) is 5.82 Å². The topological polar surface area (TPSA) is 46.9 Å². The van der Waals surface area contributed by atoms with Gasteiger partial charge in [0.1, 0.15) is 5.82 Å². The first-order valence-electron chi connectivity index (χ1n) is 3.93. The lowest BCUT2D eigenvalue weighted by atomic mass is 10.2. The highest BCUT2D eigenvalue weighted by molar-refractivity contribution is 5.41. The molecule has 0 atom stereocenters. The van der Waals surface area contributed by atoms with E-state index in [1.165, 1.54) is 4.57 Å². The molecule has 1 N–H and O–H groups in total. The van der Waals surface area contributed by atoms with E-state index in [4.69, 9.17) is 0 Å². The van der Waals surface area contributed by atoms with Crippen molar-refractivity contribution in [2.24, 2.45) is 7.05 Å². The molecule has 4 heteroatoms. The van der Waals surface area contributed by atoms with Crippen LogP contribution >= 0.6 is 0 Å². The Kier molecular flexibility index (Phi) is 2.47. The fourth-order valence-corrected chi connectivity index (χ4v) is 1.07. The summed E-state index contributed by atoms with van der Waals surface area (Å²) < 4.78 is 1.49. The van der Waals surface area contributed by atoms with Crippen molar-refractivity contribution in [3.8, 4) is 0 Å². The van der Waals surface area contributed by atoms with Gasteiger partial charge in [0.2, 0.25) is 0 Å². The molecule has 0 bridgehead atoms. The molecule has 0 aliphatic carbocycles. The average Bonchev–Trinajstić information content (AvgIpc) is 2.09. The van der Waals surface area contributed by atoms with E-state index >= 15 is 0 Å². The molecule has 4 nitrogen and oxygen atoms in total. The van der Waals surface area contributed by atoms with E-state index < -0.39 is 0 Å². The van der Waals surface area contributed by atoms with Crippen molar-refractivity contribution in [2.75, 3.05) is 12.4 Å². The van der Waals surface area contributed by atoms with Crippen LogP contribution in [0.1, 0.15) is 12.5 Å². The Bertz CT molecular complexity index is 330. The maximum Gasteiger partial charge on any atom is 0.349 e. The summed E-state index contributed by atoms with van der Waals surface area (Å²) in [7, 11) is 3.47. The van der Waals surface area contributed by atoms with Gasteiger partial charge in [0.05, 0.1) is 0 Å². The zero-order valence-corrected chi connectivity index (χ0v) is 7.59. The molecule has 1 rings (SSSR count). The number of anilines is 1. The van der Waals surface area contributed by atoms with Gasteiger partial charge in [-0.1, -0.05) is 6.92 Å². The molecule has 0 saturated carbocycles. The lowest BCUT2D eigenvalue weighted by molar-refractivity contribution is 0.794. The number of aryl methyl sites for hydroxylation is 2. The molecule has 0 saturated heterocycles. The second-order valence-electron chi connectivity index (χ2n) is 2.61. The highest BCUT2D eigenvalue weighted by Crippen LogP contribution is 2.07. The maximum atomic E-state index is 11.1. The van der Waals surface area contributed by atoms with Crippen LogP contribution < -0.4 is 11.0 Å². The van der Waals surface area contributed by atoms with E-state index in [2.05, 4.69) is 10.3 Å². The highest BCUT2D eigenvalue weighted by Gasteiger charge is 2.02. The number of nitrogens with one attached hydrogen (secondary N) is 1. The second kappa shape index (κ2) is 3.38. The summed E-state index contributed by atoms with van der Waals surface area (Å²) in [6.07, 6.45) is 2.68. The van der Waals surface area contributed by atoms with Gasteiger partial charge >= 0.3 is 5.69 Å². The first kappa shape index (κ1) is 8.77. The third-order valence-electron chi connectivity index (χ3n) is 1.78. The molecule has 0 fully saturated rings. The molecule has 0 amide bonds. The van der Waals surface area contributed by atoms with Gasteiger partial charge < -0.3 is 9.88 Å². The molecule has 1 aromatic heterocycles. The van der Waals surface area contributed by atoms with E-state index in [0.717, 1.165) is 12.0 Å². The van der Waals surface area contributed by atoms with E-state index in [1.54, 1.807) is 20.3 Å². The van der Waals surface area contributed by atoms with Crippen LogP contribution in [0.4, 0.5) is 5.82 Å². The van der Waals surface area contributed by atoms with Crippen LogP contribution in [-0.4, -0.2) is 16.6 Å². The molecule has 1 aromatic rings. The van der Waals surface area contributed by atoms with Crippen LogP contribution in [0.5, 0.6) is 0 Å². The SMILES string of the molecule is CCc1cn(C)c(=O)nc1NC. The summed E-state index contributed by atoms with van der Waals surface area (Å²) in [5.41, 5.74) is 0.830. The zero-order chi connectivity index (χ0) is 9.14. The molecule has 0 radical (unpaired) electrons. The van der Waals surface area contributed by atoms with Crippen molar-refractivity contribution in [3.05, 3.63) is 22.2 Å². The fraction of sp³-hybridized carbons (Fsp3) is 0.500. The maximum absolute atomic E-state index is 11.1. The largest absolute Gasteiger partial charge is 0.373 e. The van der Waals surface area contributed by atoms with E-state index in [-0.39, 0.29) is 5.69 Å². The predicted octanol–water partition coefficient (Wildman–Crippen LogP) is 0.384. The van der Waals surface area contributed by atoms with Crippen molar-refractivity contribution in [2.45, 2.75) is 13.3 Å². The summed E-state index contributed by atoms with van der Waals surface area (Å²) >= 11 is 0. The lowest BCUT2D eigenvalue weighted by Gasteiger charge is -2.06. The van der Waals surface area contributed by atoms with Gasteiger partial charge in [-0.05, 0) is 6.42 Å². The quantitative estimate of drug-likeness (QED) is 0.693. The minimum Gasteiger partial charge on any atom is -0.373 e. The van der Waals surface area contributed by atoms with Gasteiger partial charge in [0.15, 0.2) is 0 Å². The summed E-state index contributed by atoms with van der Waals surface area (Å²) in [4.78, 5) is 14.9. The first-order valence-corrected chi connectivity index (χ1v) is 3.93. The predicted molar refractivity (Wildman–Crippen MR) is 48.4 cm³/mol. The van der Waals surface area contributed by atoms with Gasteiger partial charge in [-0.3, -0.25) is 0 Å². The summed E-state index contributed by atoms with van der Waals surface area (Å²) in [5.74, 6) is 0.681. The van der Waals surface area contributed by atoms with Crippen molar-refractivity contribution < 1.29 is 0 Å². The van der Waals surface area contributed by atoms with Crippen LogP contribution in [-0.2, 0) is 13.5 Å². The van der Waals surface area contributed by atoms with Gasteiger partial charge in [-0.2, -0.15) is 4.98 Å². The molecule has 0 aromatic carbocycles. The molecule has 0 spiro atoms. The lowest BCUT2D eigenvalue weighted by Crippen LogP contribution is -2.21. The number of rotatable bonds is 2. The average molecular weight is 167 g/mol. The van der Waals surface area contributed by atoms with Gasteiger partial charge in [0, 0.05) is 25.9 Å². The minimum atomic E-state index is -0.225. The number of hydrogen-bond acceptors (Lipinski definition) is 3. The molecule has 0 aliphatic heterocycles. The second-order valence-corrected chi connectivity index (χ2v) is 2.61. The molecule has 0 aliphatic rings. The Labute approximate surface area is 71.3 Å². The van der Waals surface area contributed by atoms with Crippen LogP contribution in [0.2, 0.25) is 0 Å². The van der Waals surface area contributed by atoms with Crippen molar-refractivity contribution in [3.63, 3.8) is 0 Å². The smallest absolute Gasteiger partial charge is 0.349 e. The van der Waals surface area contributed by atoms with Gasteiger partial charge in [-0.25, -0.2) is 4.79 Å². The summed E-state index contributed by atoms with van der Waals surface area (Å²) in [6.45, 7) is 2.03. The summed E-state index contributed by atoms with van der Waals surface area (Å²) in [5, 5.41) is 2.89. The summed E-state index contributed by atoms with van der Waals surface area (Å²) in [6, 6.07) is 0. The first-order chi connectivity index (χ1) is 5.69. The Morgan fingerprint density at radius 3 is 2.83 bits per heavy atom. The standard InChI is InChI=1S/C8H13N3O/c1-4-6-5-11(3)8(12)10-7(6)9-2/h5H,4H2,1-3H3,(H,9,10,12). The van der Waals surface area contributed by atoms with E-state index in [1.807, 2.05) is 6.92 Å². The number of nitrogens with zero attached hydrogens (tertiary/aromatic N) is 2. The minimum absolute atomic E-state index is 0.225. The molecule has 12 heavy (non-hydrogen) atoms. The van der Waals surface area contributed by atoms with Gasteiger partial charge in [0.25, 0.3) is 0 Å². The van der Waals surface area contributed by atoms with Gasteiger partial charge in [-0.15, -0.1) is 0 Å². The molecule has 1 heterocycles. The molecular formula is C8H13N3O. The van der Waals surface area contributed by atoms with Crippen molar-refractivity contribution in [1.82, 2.24) is 9.55 Å². The van der Waals surface area contributed by atoms with Crippen LogP contribution in [0, 0.1) is 0 Å². The number of hydrogen-bond donors (Lipinski definition) is 1. The fourth-order valence-electron chi connectivity index (χ4n) is 1.07. The Morgan fingerprint density at radius 1 is 1.67 bits per heavy atom. The third-order valence-corrected chi connectivity index (χ3v) is 1.78. The van der Waals surface area contributed by atoms with Crippen LogP contribution in [0.3, 0.4) is 0 Å². The Balaban J connectivity index is 3.29. The number of aromatic nitrogens is 2. The van der Waals surface area contributed by atoms with E-state index in [9.17, 15) is 4.79 Å². The van der Waals surface area contributed by atoms with Crippen LogP contribution in [0.25, 0.3) is 0 Å². The van der Waals surface area contributed by atoms with Crippen molar-refractivity contribution in [1.29, 1.82) is 0 Å². The molecular weight excluding hydrogens is 154 g/mol. The monoisotopic (exact) mass is 167 g/mol.